The Kier molecular flexibility index (Phi) is 2.56. The van der Waals surface area contributed by atoms with Gasteiger partial charge in [-0.2, -0.15) is 0 Å². The Morgan fingerprint density at radius 3 is 2.89 bits per heavy atom. The molecule has 3 aromatic rings. The van der Waals surface area contributed by atoms with E-state index in [2.05, 4.69) is 20.9 Å². The minimum Gasteiger partial charge on any atom is -0.436 e. The highest BCUT2D eigenvalue weighted by Crippen LogP contribution is 2.30. The molecule has 90 valence electrons. The van der Waals surface area contributed by atoms with Crippen LogP contribution in [0.1, 0.15) is 0 Å². The van der Waals surface area contributed by atoms with Gasteiger partial charge in [-0.25, -0.2) is 9.37 Å². The highest BCUT2D eigenvalue weighted by Gasteiger charge is 2.14. The molecule has 0 saturated carbocycles. The normalized spacial score (nSPS) is 11.0. The van der Waals surface area contributed by atoms with Crippen LogP contribution >= 0.6 is 15.9 Å². The van der Waals surface area contributed by atoms with E-state index in [4.69, 9.17) is 10.2 Å². The Hall–Kier alpha value is -1.88. The van der Waals surface area contributed by atoms with Crippen LogP contribution in [0.15, 0.2) is 45.3 Å². The van der Waals surface area contributed by atoms with E-state index in [0.717, 1.165) is 0 Å². The van der Waals surface area contributed by atoms with Gasteiger partial charge in [0.15, 0.2) is 5.58 Å². The number of anilines is 1. The molecular formula is C13H8BrFN2O. The number of hydrogen-bond acceptors (Lipinski definition) is 3. The molecule has 0 atom stereocenters. The van der Waals surface area contributed by atoms with Gasteiger partial charge in [0, 0.05) is 5.69 Å². The standard InChI is InChI=1S/C13H8BrFN2O/c14-9-3-1-2-8(12(9)15)13-17-10-6-7(16)4-5-11(10)18-13/h1-6H,16H2. The van der Waals surface area contributed by atoms with Crippen molar-refractivity contribution < 1.29 is 8.81 Å². The summed E-state index contributed by atoms with van der Waals surface area (Å²) in [6, 6.07) is 10.1. The van der Waals surface area contributed by atoms with Gasteiger partial charge >= 0.3 is 0 Å². The molecule has 5 heteroatoms. The lowest BCUT2D eigenvalue weighted by Gasteiger charge is -1.99. The molecule has 0 amide bonds. The van der Waals surface area contributed by atoms with Gasteiger partial charge in [-0.1, -0.05) is 6.07 Å². The number of nitrogen functional groups attached to an aromatic ring is 1. The summed E-state index contributed by atoms with van der Waals surface area (Å²) in [4.78, 5) is 4.24. The number of fused-ring (bicyclic) bond motifs is 1. The smallest absolute Gasteiger partial charge is 0.230 e. The quantitative estimate of drug-likeness (QED) is 0.692. The van der Waals surface area contributed by atoms with Crippen molar-refractivity contribution in [1.82, 2.24) is 4.98 Å². The summed E-state index contributed by atoms with van der Waals surface area (Å²) >= 11 is 3.13. The van der Waals surface area contributed by atoms with Crippen LogP contribution in [0.3, 0.4) is 0 Å². The molecule has 0 aliphatic carbocycles. The van der Waals surface area contributed by atoms with E-state index < -0.39 is 5.82 Å². The second-order valence-electron chi connectivity index (χ2n) is 3.85. The van der Waals surface area contributed by atoms with Gasteiger partial charge in [0.2, 0.25) is 5.89 Å². The van der Waals surface area contributed by atoms with Crippen molar-refractivity contribution >= 4 is 32.7 Å². The molecule has 18 heavy (non-hydrogen) atoms. The molecule has 3 nitrogen and oxygen atoms in total. The summed E-state index contributed by atoms with van der Waals surface area (Å²) < 4.78 is 19.8. The van der Waals surface area contributed by atoms with Gasteiger partial charge in [0.1, 0.15) is 11.3 Å². The largest absolute Gasteiger partial charge is 0.436 e. The van der Waals surface area contributed by atoms with E-state index in [1.54, 1.807) is 36.4 Å². The lowest BCUT2D eigenvalue weighted by molar-refractivity contribution is 0.590. The van der Waals surface area contributed by atoms with Gasteiger partial charge in [0.25, 0.3) is 0 Å². The van der Waals surface area contributed by atoms with Crippen LogP contribution < -0.4 is 5.73 Å². The first-order chi connectivity index (χ1) is 8.65. The van der Waals surface area contributed by atoms with Gasteiger partial charge in [-0.3, -0.25) is 0 Å². The van der Waals surface area contributed by atoms with Gasteiger partial charge < -0.3 is 10.2 Å². The molecule has 0 spiro atoms. The third-order valence-electron chi connectivity index (χ3n) is 2.59. The first-order valence-electron chi connectivity index (χ1n) is 5.25. The fourth-order valence-corrected chi connectivity index (χ4v) is 2.09. The minimum absolute atomic E-state index is 0.245. The summed E-state index contributed by atoms with van der Waals surface area (Å²) in [6.07, 6.45) is 0. The van der Waals surface area contributed by atoms with E-state index in [-0.39, 0.29) is 5.89 Å². The Morgan fingerprint density at radius 1 is 1.22 bits per heavy atom. The fraction of sp³-hybridized carbons (Fsp3) is 0. The summed E-state index contributed by atoms with van der Waals surface area (Å²) in [7, 11) is 0. The molecule has 3 rings (SSSR count). The van der Waals surface area contributed by atoms with Crippen LogP contribution in [-0.2, 0) is 0 Å². The zero-order valence-corrected chi connectivity index (χ0v) is 10.7. The van der Waals surface area contributed by atoms with Crippen LogP contribution in [0, 0.1) is 5.82 Å². The minimum atomic E-state index is -0.392. The monoisotopic (exact) mass is 306 g/mol. The number of nitrogens with two attached hydrogens (primary N) is 1. The second kappa shape index (κ2) is 4.10. The molecular weight excluding hydrogens is 299 g/mol. The summed E-state index contributed by atoms with van der Waals surface area (Å²) in [5.41, 5.74) is 7.77. The molecule has 0 bridgehead atoms. The molecule has 0 aliphatic heterocycles. The number of oxazole rings is 1. The van der Waals surface area contributed by atoms with Crippen LogP contribution in [-0.4, -0.2) is 4.98 Å². The molecule has 0 fully saturated rings. The number of rotatable bonds is 1. The van der Waals surface area contributed by atoms with Crippen LogP contribution in [0.4, 0.5) is 10.1 Å². The fourth-order valence-electron chi connectivity index (χ4n) is 1.73. The predicted octanol–water partition coefficient (Wildman–Crippen LogP) is 3.98. The van der Waals surface area contributed by atoms with Crippen molar-refractivity contribution in [3.8, 4) is 11.5 Å². The Morgan fingerprint density at radius 2 is 2.06 bits per heavy atom. The Bertz CT molecular complexity index is 739. The summed E-state index contributed by atoms with van der Waals surface area (Å²) in [5, 5.41) is 0. The number of halogens is 2. The molecule has 0 saturated heterocycles. The highest BCUT2D eigenvalue weighted by atomic mass is 79.9. The third kappa shape index (κ3) is 1.76. The molecule has 1 aromatic heterocycles. The zero-order valence-electron chi connectivity index (χ0n) is 9.15. The Labute approximate surface area is 111 Å². The number of benzene rings is 2. The SMILES string of the molecule is Nc1ccc2oc(-c3cccc(Br)c3F)nc2c1. The molecule has 0 unspecified atom stereocenters. The van der Waals surface area contributed by atoms with E-state index in [0.29, 0.717) is 26.8 Å². The van der Waals surface area contributed by atoms with Crippen molar-refractivity contribution in [1.29, 1.82) is 0 Å². The first kappa shape index (κ1) is 11.2. The highest BCUT2D eigenvalue weighted by molar-refractivity contribution is 9.10. The maximum absolute atomic E-state index is 13.9. The summed E-state index contributed by atoms with van der Waals surface area (Å²) in [5.74, 6) is -0.147. The maximum Gasteiger partial charge on any atom is 0.230 e. The van der Waals surface area contributed by atoms with Crippen LogP contribution in [0.25, 0.3) is 22.6 Å². The lowest BCUT2D eigenvalue weighted by Crippen LogP contribution is -1.85. The number of nitrogens with zero attached hydrogens (tertiary/aromatic N) is 1. The van der Waals surface area contributed by atoms with E-state index >= 15 is 0 Å². The van der Waals surface area contributed by atoms with E-state index in [9.17, 15) is 4.39 Å². The van der Waals surface area contributed by atoms with Crippen molar-refractivity contribution in [3.63, 3.8) is 0 Å². The average molecular weight is 307 g/mol. The van der Waals surface area contributed by atoms with Crippen molar-refractivity contribution in [2.75, 3.05) is 5.73 Å². The van der Waals surface area contributed by atoms with Crippen molar-refractivity contribution in [3.05, 3.63) is 46.7 Å². The van der Waals surface area contributed by atoms with Crippen molar-refractivity contribution in [2.45, 2.75) is 0 Å². The number of aromatic nitrogens is 1. The summed E-state index contributed by atoms with van der Waals surface area (Å²) in [6.45, 7) is 0. The molecule has 0 radical (unpaired) electrons. The molecule has 1 heterocycles. The molecule has 0 aliphatic rings. The van der Waals surface area contributed by atoms with Gasteiger partial charge in [-0.05, 0) is 46.3 Å². The average Bonchev–Trinajstić information content (AvgIpc) is 2.75. The Balaban J connectivity index is 2.22. The van der Waals surface area contributed by atoms with Crippen LogP contribution in [0.2, 0.25) is 0 Å². The maximum atomic E-state index is 13.9. The lowest BCUT2D eigenvalue weighted by atomic mass is 10.2. The van der Waals surface area contributed by atoms with E-state index in [1.165, 1.54) is 0 Å². The van der Waals surface area contributed by atoms with Gasteiger partial charge in [0.05, 0.1) is 10.0 Å². The molecule has 2 N–H and O–H groups in total. The first-order valence-corrected chi connectivity index (χ1v) is 6.05. The van der Waals surface area contributed by atoms with Crippen LogP contribution in [0.5, 0.6) is 0 Å². The second-order valence-corrected chi connectivity index (χ2v) is 4.70. The van der Waals surface area contributed by atoms with Gasteiger partial charge in [-0.15, -0.1) is 0 Å². The van der Waals surface area contributed by atoms with E-state index in [1.807, 2.05) is 0 Å². The van der Waals surface area contributed by atoms with Crippen molar-refractivity contribution in [2.24, 2.45) is 0 Å². The topological polar surface area (TPSA) is 52.0 Å². The zero-order chi connectivity index (χ0) is 12.7. The molecule has 2 aromatic carbocycles. The number of hydrogen-bond donors (Lipinski definition) is 1. The predicted molar refractivity (Wildman–Crippen MR) is 71.5 cm³/mol. The third-order valence-corrected chi connectivity index (χ3v) is 3.21.